The number of allylic oxidation sites excluding steroid dienone is 3. The van der Waals surface area contributed by atoms with Crippen LogP contribution in [0.4, 0.5) is 5.69 Å². The fourth-order valence-electron chi connectivity index (χ4n) is 5.45. The largest absolute Gasteiger partial charge is 0.459 e. The van der Waals surface area contributed by atoms with Gasteiger partial charge in [-0.15, -0.1) is 0 Å². The summed E-state index contributed by atoms with van der Waals surface area (Å²) < 4.78 is 5.99. The van der Waals surface area contributed by atoms with E-state index in [-0.39, 0.29) is 23.8 Å². The van der Waals surface area contributed by atoms with Gasteiger partial charge in [-0.25, -0.2) is 4.79 Å². The highest BCUT2D eigenvalue weighted by Gasteiger charge is 2.39. The Labute approximate surface area is 191 Å². The summed E-state index contributed by atoms with van der Waals surface area (Å²) in [7, 11) is 0. The molecule has 5 heteroatoms. The molecule has 2 aliphatic carbocycles. The number of nitrogens with one attached hydrogen (secondary N) is 1. The van der Waals surface area contributed by atoms with Gasteiger partial charge < -0.3 is 15.0 Å². The van der Waals surface area contributed by atoms with Crippen LogP contribution in [0.5, 0.6) is 0 Å². The number of dihydropyridines is 1. The topological polar surface area (TPSA) is 58.6 Å². The van der Waals surface area contributed by atoms with Crippen molar-refractivity contribution in [3.63, 3.8) is 0 Å². The molecule has 172 valence electrons. The predicted molar refractivity (Wildman–Crippen MR) is 127 cm³/mol. The highest BCUT2D eigenvalue weighted by atomic mass is 16.5. The lowest BCUT2D eigenvalue weighted by molar-refractivity contribution is -0.146. The molecule has 0 bridgehead atoms. The number of carbonyl (C=O) groups is 2. The first-order chi connectivity index (χ1) is 15.5. The van der Waals surface area contributed by atoms with Gasteiger partial charge in [0.25, 0.3) is 0 Å². The zero-order valence-corrected chi connectivity index (χ0v) is 19.7. The van der Waals surface area contributed by atoms with Crippen LogP contribution in [0.2, 0.25) is 0 Å². The Morgan fingerprint density at radius 3 is 2.38 bits per heavy atom. The van der Waals surface area contributed by atoms with Crippen LogP contribution in [0.1, 0.15) is 83.6 Å². The Balaban J connectivity index is 1.70. The standard InChI is InChI=1S/C27H36N2O3/c1-4-29(5-2)20-16-14-19(15-17-20)25-24(27(31)32-21-10-7-6-8-11-21)18(3)28-22-12-9-13-23(30)26(22)25/h14-17,21,25,28H,4-13H2,1-3H3. The van der Waals surface area contributed by atoms with Gasteiger partial charge >= 0.3 is 5.97 Å². The molecule has 1 heterocycles. The lowest BCUT2D eigenvalue weighted by atomic mass is 9.75. The number of anilines is 1. The summed E-state index contributed by atoms with van der Waals surface area (Å²) in [5, 5.41) is 3.39. The normalized spacial score (nSPS) is 21.8. The smallest absolute Gasteiger partial charge is 0.337 e. The maximum Gasteiger partial charge on any atom is 0.337 e. The first-order valence-electron chi connectivity index (χ1n) is 12.3. The van der Waals surface area contributed by atoms with Crippen molar-refractivity contribution < 1.29 is 14.3 Å². The Kier molecular flexibility index (Phi) is 7.02. The van der Waals surface area contributed by atoms with Crippen LogP contribution < -0.4 is 10.2 Å². The number of hydrogen-bond donors (Lipinski definition) is 1. The van der Waals surface area contributed by atoms with Gasteiger partial charge in [0, 0.05) is 48.1 Å². The number of rotatable bonds is 6. The summed E-state index contributed by atoms with van der Waals surface area (Å²) in [5.41, 5.74) is 5.29. The highest BCUT2D eigenvalue weighted by molar-refractivity contribution is 6.03. The molecule has 0 amide bonds. The SMILES string of the molecule is CCN(CC)c1ccc(C2C(C(=O)OC3CCCCC3)=C(C)NC3=C2C(=O)CCC3)cc1. The van der Waals surface area contributed by atoms with Crippen molar-refractivity contribution >= 4 is 17.4 Å². The van der Waals surface area contributed by atoms with Crippen LogP contribution in [0.15, 0.2) is 46.8 Å². The third kappa shape index (κ3) is 4.48. The molecular formula is C27H36N2O3. The maximum absolute atomic E-state index is 13.4. The molecule has 3 aliphatic rings. The molecule has 5 nitrogen and oxygen atoms in total. The summed E-state index contributed by atoms with van der Waals surface area (Å²) in [5.74, 6) is -0.488. The van der Waals surface area contributed by atoms with Gasteiger partial charge in [0.05, 0.1) is 5.57 Å². The minimum absolute atomic E-state index is 0.0142. The first-order valence-corrected chi connectivity index (χ1v) is 12.3. The zero-order chi connectivity index (χ0) is 22.7. The number of benzene rings is 1. The van der Waals surface area contributed by atoms with Gasteiger partial charge in [-0.05, 0) is 77.0 Å². The predicted octanol–water partition coefficient (Wildman–Crippen LogP) is 5.38. The van der Waals surface area contributed by atoms with Crippen LogP contribution in [-0.2, 0) is 14.3 Å². The Hall–Kier alpha value is -2.56. The van der Waals surface area contributed by atoms with E-state index in [4.69, 9.17) is 4.74 Å². The number of ether oxygens (including phenoxy) is 1. The fraction of sp³-hybridized carbons (Fsp3) is 0.556. The summed E-state index contributed by atoms with van der Waals surface area (Å²) in [6.45, 7) is 8.11. The van der Waals surface area contributed by atoms with Gasteiger partial charge in [-0.2, -0.15) is 0 Å². The Morgan fingerprint density at radius 1 is 1.03 bits per heavy atom. The fourth-order valence-corrected chi connectivity index (χ4v) is 5.45. The maximum atomic E-state index is 13.4. The highest BCUT2D eigenvalue weighted by Crippen LogP contribution is 2.43. The van der Waals surface area contributed by atoms with Gasteiger partial charge in [-0.1, -0.05) is 18.6 Å². The van der Waals surface area contributed by atoms with Crippen molar-refractivity contribution in [2.24, 2.45) is 0 Å². The van der Waals surface area contributed by atoms with Gasteiger partial charge in [0.1, 0.15) is 6.10 Å². The molecule has 1 N–H and O–H groups in total. The second-order valence-electron chi connectivity index (χ2n) is 9.19. The molecule has 1 aliphatic heterocycles. The molecule has 1 atom stereocenters. The van der Waals surface area contributed by atoms with E-state index in [1.54, 1.807) is 0 Å². The Morgan fingerprint density at radius 2 is 1.72 bits per heavy atom. The van der Waals surface area contributed by atoms with Crippen LogP contribution >= 0.6 is 0 Å². The third-order valence-electron chi connectivity index (χ3n) is 7.18. The second kappa shape index (κ2) is 9.93. The van der Waals surface area contributed by atoms with E-state index in [9.17, 15) is 9.59 Å². The van der Waals surface area contributed by atoms with Gasteiger partial charge in [-0.3, -0.25) is 4.79 Å². The minimum Gasteiger partial charge on any atom is -0.459 e. The van der Waals surface area contributed by atoms with Crippen molar-refractivity contribution in [3.05, 3.63) is 52.4 Å². The quantitative estimate of drug-likeness (QED) is 0.607. The van der Waals surface area contributed by atoms with Gasteiger partial charge in [0.2, 0.25) is 0 Å². The van der Waals surface area contributed by atoms with Crippen LogP contribution in [-0.4, -0.2) is 30.9 Å². The molecule has 1 aromatic rings. The van der Waals surface area contributed by atoms with E-state index >= 15 is 0 Å². The molecule has 1 saturated carbocycles. The zero-order valence-electron chi connectivity index (χ0n) is 19.7. The molecule has 0 spiro atoms. The number of nitrogens with zero attached hydrogens (tertiary/aromatic N) is 1. The molecule has 4 rings (SSSR count). The average molecular weight is 437 g/mol. The lowest BCUT2D eigenvalue weighted by Crippen LogP contribution is -2.35. The number of carbonyl (C=O) groups excluding carboxylic acids is 2. The van der Waals surface area contributed by atoms with E-state index in [0.29, 0.717) is 12.0 Å². The molecule has 0 aromatic heterocycles. The first kappa shape index (κ1) is 22.6. The summed E-state index contributed by atoms with van der Waals surface area (Å²) >= 11 is 0. The molecule has 1 aromatic carbocycles. The van der Waals surface area contributed by atoms with E-state index in [1.807, 2.05) is 6.92 Å². The Bertz CT molecular complexity index is 919. The molecule has 0 saturated heterocycles. The molecular weight excluding hydrogens is 400 g/mol. The van der Waals surface area contributed by atoms with E-state index in [1.165, 1.54) is 6.42 Å². The summed E-state index contributed by atoms with van der Waals surface area (Å²) in [6, 6.07) is 8.38. The number of ketones is 1. The van der Waals surface area contributed by atoms with E-state index < -0.39 is 0 Å². The van der Waals surface area contributed by atoms with Crippen LogP contribution in [0, 0.1) is 0 Å². The van der Waals surface area contributed by atoms with Crippen molar-refractivity contribution in [1.82, 2.24) is 5.32 Å². The number of hydrogen-bond acceptors (Lipinski definition) is 5. The molecule has 32 heavy (non-hydrogen) atoms. The van der Waals surface area contributed by atoms with Crippen molar-refractivity contribution in [2.45, 2.75) is 84.2 Å². The monoisotopic (exact) mass is 436 g/mol. The van der Waals surface area contributed by atoms with Crippen molar-refractivity contribution in [3.8, 4) is 0 Å². The third-order valence-corrected chi connectivity index (χ3v) is 7.18. The summed E-state index contributed by atoms with van der Waals surface area (Å²) in [4.78, 5) is 28.8. The second-order valence-corrected chi connectivity index (χ2v) is 9.19. The van der Waals surface area contributed by atoms with Crippen LogP contribution in [0.3, 0.4) is 0 Å². The van der Waals surface area contributed by atoms with E-state index in [2.05, 4.69) is 48.3 Å². The average Bonchev–Trinajstić information content (AvgIpc) is 2.80. The van der Waals surface area contributed by atoms with Crippen molar-refractivity contribution in [1.29, 1.82) is 0 Å². The lowest BCUT2D eigenvalue weighted by Gasteiger charge is -2.35. The number of Topliss-reactive ketones (excluding diaryl/α,β-unsaturated/α-hetero) is 1. The molecule has 1 unspecified atom stereocenters. The van der Waals surface area contributed by atoms with E-state index in [0.717, 1.165) is 79.8 Å². The van der Waals surface area contributed by atoms with Crippen molar-refractivity contribution in [2.75, 3.05) is 18.0 Å². The van der Waals surface area contributed by atoms with Crippen LogP contribution in [0.25, 0.3) is 0 Å². The number of esters is 1. The van der Waals surface area contributed by atoms with Gasteiger partial charge in [0.15, 0.2) is 5.78 Å². The summed E-state index contributed by atoms with van der Waals surface area (Å²) in [6.07, 6.45) is 7.52. The molecule has 0 radical (unpaired) electrons. The minimum atomic E-state index is -0.360. The molecule has 1 fully saturated rings.